The minimum atomic E-state index is -5.43. The van der Waals surface area contributed by atoms with Gasteiger partial charge in [0.15, 0.2) is 53.1 Å². The van der Waals surface area contributed by atoms with Gasteiger partial charge in [-0.2, -0.15) is 0 Å². The average Bonchev–Trinajstić information content (AvgIpc) is 4.26. The van der Waals surface area contributed by atoms with Crippen molar-refractivity contribution in [2.24, 2.45) is 0 Å². The molecule has 78 heavy (non-hydrogen) atoms. The van der Waals surface area contributed by atoms with Gasteiger partial charge in [0.1, 0.15) is 90.5 Å². The number of anilines is 3. The third-order valence-corrected chi connectivity index (χ3v) is 16.2. The van der Waals surface area contributed by atoms with Gasteiger partial charge >= 0.3 is 30.3 Å². The van der Waals surface area contributed by atoms with Crippen LogP contribution >= 0.6 is 87.7 Å². The highest BCUT2D eigenvalue weighted by Crippen LogP contribution is 2.56. The van der Waals surface area contributed by atoms with Crippen LogP contribution in [-0.2, 0) is 73.6 Å². The number of hydrogen-bond donors (Lipinski definition) is 10. The molecule has 0 radical (unpaired) electrons. The van der Waals surface area contributed by atoms with E-state index in [1.54, 1.807) is 0 Å². The fourth-order valence-electron chi connectivity index (χ4n) is 8.49. The molecule has 0 aliphatic carbocycles. The van der Waals surface area contributed by atoms with Crippen LogP contribution in [0.2, 0.25) is 0 Å². The SMILES string of the molecule is Nc1ncnc2c1ncn2[C@@H]1O[C@H](COP(=O)(O)OC2C(OCI)[C@@H](COP(=O)(O)OCCO)O[C@H]2n2cnc3c(N)ncnc32)C(O)C1OP(=O)(O)OC[C@H]1O[C@@H](n2cnc3c(N)ncnc32)C(OP(=O)(O)S)C1OCI. The van der Waals surface area contributed by atoms with Gasteiger partial charge in [-0.1, -0.05) is 57.4 Å². The first-order valence-corrected chi connectivity index (χ1v) is 32.4. The smallest absolute Gasteiger partial charge is 0.394 e. The molecule has 10 unspecified atom stereocenters. The van der Waals surface area contributed by atoms with Gasteiger partial charge in [0.25, 0.3) is 0 Å². The molecule has 3 fully saturated rings. The minimum absolute atomic E-state index is 0.00700. The van der Waals surface area contributed by atoms with Crippen molar-refractivity contribution in [3.63, 3.8) is 0 Å². The van der Waals surface area contributed by atoms with Crippen molar-refractivity contribution in [3.05, 3.63) is 38.0 Å². The molecular formula is C34H45I2N15O22P4S. The summed E-state index contributed by atoms with van der Waals surface area (Å²) in [5.74, 6) is -0.142. The molecule has 12 N–H and O–H groups in total. The van der Waals surface area contributed by atoms with Crippen LogP contribution in [0.5, 0.6) is 0 Å². The predicted molar refractivity (Wildman–Crippen MR) is 278 cm³/mol. The Kier molecular flexibility index (Phi) is 18.7. The molecule has 0 bridgehead atoms. The quantitative estimate of drug-likeness (QED) is 0.0161. The fraction of sp³-hybridized carbons (Fsp3) is 0.559. The van der Waals surface area contributed by atoms with Crippen molar-refractivity contribution >= 4 is 139 Å². The molecule has 37 nitrogen and oxygen atoms in total. The van der Waals surface area contributed by atoms with E-state index in [0.717, 1.165) is 29.9 Å². The molecule has 3 aliphatic heterocycles. The van der Waals surface area contributed by atoms with E-state index in [2.05, 4.69) is 57.1 Å². The topological polar surface area (TPSA) is 509 Å². The van der Waals surface area contributed by atoms with Crippen LogP contribution in [0.1, 0.15) is 18.7 Å². The second-order valence-corrected chi connectivity index (χ2v) is 24.7. The van der Waals surface area contributed by atoms with Crippen LogP contribution in [-0.4, -0.2) is 186 Å². The van der Waals surface area contributed by atoms with E-state index in [0.29, 0.717) is 0 Å². The first-order valence-electron chi connectivity index (χ1n) is 22.1. The Morgan fingerprint density at radius 1 is 0.538 bits per heavy atom. The van der Waals surface area contributed by atoms with Gasteiger partial charge in [-0.3, -0.25) is 45.4 Å². The van der Waals surface area contributed by atoms with Crippen molar-refractivity contribution in [2.75, 3.05) is 59.5 Å². The van der Waals surface area contributed by atoms with E-state index in [-0.39, 0.29) is 60.2 Å². The van der Waals surface area contributed by atoms with E-state index in [1.165, 1.54) is 21.8 Å². The maximum atomic E-state index is 14.1. The number of phosphoric acid groups is 3. The highest BCUT2D eigenvalue weighted by Gasteiger charge is 2.55. The Morgan fingerprint density at radius 3 is 1.32 bits per heavy atom. The first-order chi connectivity index (χ1) is 37.0. The average molecular weight is 1430 g/mol. The van der Waals surface area contributed by atoms with Gasteiger partial charge < -0.3 is 70.7 Å². The summed E-state index contributed by atoms with van der Waals surface area (Å²) in [4.78, 5) is 80.1. The number of rotatable bonds is 25. The third kappa shape index (κ3) is 13.1. The molecule has 0 amide bonds. The second kappa shape index (κ2) is 24.5. The molecule has 0 aromatic carbocycles. The lowest BCUT2D eigenvalue weighted by Crippen LogP contribution is -2.38. The van der Waals surface area contributed by atoms with Crippen LogP contribution in [0, 0.1) is 0 Å². The number of aliphatic hydroxyl groups is 2. The monoisotopic (exact) mass is 1420 g/mol. The number of imidazole rings is 3. The van der Waals surface area contributed by atoms with Gasteiger partial charge in [-0.05, 0) is 0 Å². The molecule has 9 heterocycles. The van der Waals surface area contributed by atoms with Gasteiger partial charge in [0.2, 0.25) is 0 Å². The third-order valence-electron chi connectivity index (χ3n) is 11.7. The fourth-order valence-corrected chi connectivity index (χ4v) is 12.8. The number of halogens is 2. The maximum Gasteiger partial charge on any atom is 0.472 e. The first kappa shape index (κ1) is 59.7. The number of ether oxygens (including phenoxy) is 5. The van der Waals surface area contributed by atoms with Crippen LogP contribution in [0.25, 0.3) is 33.5 Å². The Hall–Kier alpha value is -2.94. The maximum absolute atomic E-state index is 14.1. The van der Waals surface area contributed by atoms with Crippen molar-refractivity contribution in [3.8, 4) is 0 Å². The lowest BCUT2D eigenvalue weighted by atomic mass is 10.1. The van der Waals surface area contributed by atoms with Crippen molar-refractivity contribution in [2.45, 2.75) is 73.6 Å². The Morgan fingerprint density at radius 2 is 0.910 bits per heavy atom. The highest BCUT2D eigenvalue weighted by atomic mass is 127. The number of aromatic nitrogens is 12. The number of phosphoric ester groups is 3. The van der Waals surface area contributed by atoms with E-state index in [1.807, 2.05) is 45.2 Å². The summed E-state index contributed by atoms with van der Waals surface area (Å²) in [5.41, 5.74) is 18.4. The molecule has 16 atom stereocenters. The lowest BCUT2D eigenvalue weighted by molar-refractivity contribution is -0.0659. The highest BCUT2D eigenvalue weighted by molar-refractivity contribution is 14.1. The molecular weight excluding hydrogens is 1380 g/mol. The molecule has 6 aromatic heterocycles. The number of nitrogen functional groups attached to an aromatic ring is 3. The summed E-state index contributed by atoms with van der Waals surface area (Å²) in [5, 5.41) is 21.0. The predicted octanol–water partition coefficient (Wildman–Crippen LogP) is 0.407. The number of alkyl halides is 2. The summed E-state index contributed by atoms with van der Waals surface area (Å²) < 4.78 is 125. The van der Waals surface area contributed by atoms with Crippen molar-refractivity contribution in [1.29, 1.82) is 0 Å². The largest absolute Gasteiger partial charge is 0.472 e. The molecule has 0 spiro atoms. The zero-order valence-electron chi connectivity index (χ0n) is 39.1. The number of nitrogens with zero attached hydrogens (tertiary/aromatic N) is 12. The molecule has 428 valence electrons. The zero-order valence-corrected chi connectivity index (χ0v) is 47.9. The van der Waals surface area contributed by atoms with Crippen LogP contribution in [0.3, 0.4) is 0 Å². The standard InChI is InChI=1S/C34H45I2N15O22P4S/c35-6-62-21-15(4-65-74(54,55)64-2-1-52)69-33(50-12-47-18-27(38)41-9-44-30(18)50)24(21)72-76(58,59)66-3-14-20(53)23(32(68-14)49-11-46-17-26(37)40-8-43-29(17)49)71-75(56,57)67-5-16-22(63-7-36)25(73-77(60,61)78)34(70-16)51-13-48-19-28(39)42-10-45-31(19)51/h8-16,20-25,32-34,52-53H,1-7H2,(H,54,55)(H,56,57)(H,58,59)(H2,37,40,43)(H2,38,41,44)(H2,39,42,45)(H2,60,61,78)/t14-,15-,16-,20?,21?,22?,23?,24?,25?,32-,33-,34-/m1/s1. The molecule has 3 aliphatic rings. The Bertz CT molecular complexity index is 3300. The van der Waals surface area contributed by atoms with Crippen LogP contribution in [0.15, 0.2) is 38.0 Å². The van der Waals surface area contributed by atoms with Crippen molar-refractivity contribution < 1.29 is 103 Å². The summed E-state index contributed by atoms with van der Waals surface area (Å²) in [6.07, 6.45) is -11.9. The van der Waals surface area contributed by atoms with E-state index >= 15 is 0 Å². The minimum Gasteiger partial charge on any atom is -0.394 e. The molecule has 9 rings (SSSR count). The van der Waals surface area contributed by atoms with Crippen LogP contribution in [0.4, 0.5) is 17.5 Å². The Labute approximate surface area is 468 Å². The number of aliphatic hydroxyl groups excluding tert-OH is 2. The van der Waals surface area contributed by atoms with Gasteiger partial charge in [0, 0.05) is 0 Å². The number of hydrogen-bond acceptors (Lipinski definition) is 30. The lowest BCUT2D eigenvalue weighted by Gasteiger charge is -2.27. The van der Waals surface area contributed by atoms with E-state index < -0.39 is 137 Å². The Balaban J connectivity index is 0.954. The number of thiol groups is 1. The van der Waals surface area contributed by atoms with Crippen LogP contribution < -0.4 is 17.2 Å². The molecule has 6 aromatic rings. The summed E-state index contributed by atoms with van der Waals surface area (Å²) in [7, 11) is -15.7. The summed E-state index contributed by atoms with van der Waals surface area (Å²) in [6, 6.07) is 0. The summed E-state index contributed by atoms with van der Waals surface area (Å²) in [6.45, 7) is -8.40. The number of fused-ring (bicyclic) bond motifs is 3. The van der Waals surface area contributed by atoms with Gasteiger partial charge in [-0.25, -0.2) is 63.1 Å². The van der Waals surface area contributed by atoms with Gasteiger partial charge in [0.05, 0.1) is 61.2 Å². The molecule has 44 heteroatoms. The van der Waals surface area contributed by atoms with E-state index in [4.69, 9.17) is 77.7 Å². The second-order valence-electron chi connectivity index (χ2n) is 16.5. The normalized spacial score (nSPS) is 29.8. The van der Waals surface area contributed by atoms with Gasteiger partial charge in [-0.15, -0.1) is 0 Å². The van der Waals surface area contributed by atoms with E-state index in [9.17, 15) is 42.9 Å². The summed E-state index contributed by atoms with van der Waals surface area (Å²) >= 11 is 7.32. The molecule has 0 saturated carbocycles. The number of nitrogens with two attached hydrogens (primary N) is 3. The molecule has 3 saturated heterocycles. The zero-order chi connectivity index (χ0) is 55.9. The van der Waals surface area contributed by atoms with Crippen molar-refractivity contribution in [1.82, 2.24) is 58.6 Å².